The smallest absolute Gasteiger partial charge is 0.290 e. The maximum Gasteiger partial charge on any atom is 0.290 e. The number of benzene rings is 1. The van der Waals surface area contributed by atoms with Crippen LogP contribution in [-0.4, -0.2) is 27.7 Å². The normalized spacial score (nSPS) is 18.4. The number of fused-ring (bicyclic) bond motifs is 1. The summed E-state index contributed by atoms with van der Waals surface area (Å²) in [5.41, 5.74) is 9.69. The topological polar surface area (TPSA) is 101 Å². The molecule has 0 saturated carbocycles. The molecule has 1 aromatic heterocycles. The van der Waals surface area contributed by atoms with Gasteiger partial charge in [-0.2, -0.15) is 0 Å². The largest absolute Gasteiger partial charge is 0.399 e. The van der Waals surface area contributed by atoms with Gasteiger partial charge in [-0.25, -0.2) is 9.97 Å². The number of rotatable bonds is 2. The Kier molecular flexibility index (Phi) is 3.89. The minimum Gasteiger partial charge on any atom is -0.399 e. The summed E-state index contributed by atoms with van der Waals surface area (Å²) in [6.45, 7) is 1.50. The fourth-order valence-corrected chi connectivity index (χ4v) is 3.56. The highest BCUT2D eigenvalue weighted by atomic mass is 32.2. The van der Waals surface area contributed by atoms with Crippen molar-refractivity contribution < 1.29 is 9.59 Å². The molecular formula is C17H15N5O2S. The molecule has 0 spiro atoms. The van der Waals surface area contributed by atoms with Gasteiger partial charge in [-0.05, 0) is 53.6 Å². The number of carbonyl (C=O) groups excluding carboxylic acids is 2. The molecule has 4 rings (SSSR count). The number of hydrogen-bond acceptors (Lipinski definition) is 7. The second-order valence-electron chi connectivity index (χ2n) is 5.83. The fourth-order valence-electron chi connectivity index (χ4n) is 2.90. The van der Waals surface area contributed by atoms with Crippen molar-refractivity contribution in [1.82, 2.24) is 15.3 Å². The Labute approximate surface area is 148 Å². The van der Waals surface area contributed by atoms with E-state index >= 15 is 0 Å². The van der Waals surface area contributed by atoms with E-state index in [4.69, 9.17) is 5.73 Å². The summed E-state index contributed by atoms with van der Waals surface area (Å²) in [5, 5.41) is 1.87. The first-order valence-corrected chi connectivity index (χ1v) is 8.60. The zero-order chi connectivity index (χ0) is 17.4. The van der Waals surface area contributed by atoms with Crippen molar-refractivity contribution in [2.75, 3.05) is 17.2 Å². The van der Waals surface area contributed by atoms with Crippen molar-refractivity contribution in [1.29, 1.82) is 0 Å². The van der Waals surface area contributed by atoms with E-state index < -0.39 is 5.91 Å². The van der Waals surface area contributed by atoms with Crippen molar-refractivity contribution in [3.8, 4) is 0 Å². The fraction of sp³-hybridized carbons (Fsp3) is 0.176. The minimum absolute atomic E-state index is 0.339. The number of nitrogen functional groups attached to an aromatic ring is 1. The molecule has 7 nitrogen and oxygen atoms in total. The summed E-state index contributed by atoms with van der Waals surface area (Å²) in [5.74, 6) is 0.203. The van der Waals surface area contributed by atoms with Crippen molar-refractivity contribution in [3.63, 3.8) is 0 Å². The lowest BCUT2D eigenvalue weighted by Gasteiger charge is -2.29. The lowest BCUT2D eigenvalue weighted by Crippen LogP contribution is -2.31. The second kappa shape index (κ2) is 6.21. The summed E-state index contributed by atoms with van der Waals surface area (Å²) in [6.07, 6.45) is 4.16. The molecule has 2 aromatic rings. The molecule has 2 aliphatic heterocycles. The van der Waals surface area contributed by atoms with Crippen LogP contribution in [0.4, 0.5) is 16.4 Å². The monoisotopic (exact) mass is 353 g/mol. The standard InChI is InChI=1S/C17H15N5O2S/c18-12-2-1-10-4-6-22(9-11(10)7-12)16-19-5-3-13(20-16)8-14-15(23)21-17(24)25-14/h1-3,5,7-8H,4,6,9,18H2,(H,21,23,24)/b14-8+. The summed E-state index contributed by atoms with van der Waals surface area (Å²) in [7, 11) is 0. The molecule has 0 bridgehead atoms. The van der Waals surface area contributed by atoms with Gasteiger partial charge in [-0.15, -0.1) is 0 Å². The van der Waals surface area contributed by atoms with Crippen LogP contribution in [0.15, 0.2) is 35.4 Å². The zero-order valence-electron chi connectivity index (χ0n) is 13.2. The first kappa shape index (κ1) is 15.6. The number of carbonyl (C=O) groups is 2. The van der Waals surface area contributed by atoms with Gasteiger partial charge >= 0.3 is 0 Å². The number of imide groups is 1. The van der Waals surface area contributed by atoms with Gasteiger partial charge in [-0.1, -0.05) is 6.07 Å². The van der Waals surface area contributed by atoms with E-state index in [1.165, 1.54) is 11.1 Å². The van der Waals surface area contributed by atoms with Crippen LogP contribution in [0.25, 0.3) is 6.08 Å². The Morgan fingerprint density at radius 3 is 2.92 bits per heavy atom. The van der Waals surface area contributed by atoms with Crippen molar-refractivity contribution in [3.05, 3.63) is 52.2 Å². The summed E-state index contributed by atoms with van der Waals surface area (Å²) >= 11 is 0.876. The molecule has 25 heavy (non-hydrogen) atoms. The molecule has 1 aromatic carbocycles. The molecule has 0 aliphatic carbocycles. The van der Waals surface area contributed by atoms with Gasteiger partial charge in [0.15, 0.2) is 0 Å². The van der Waals surface area contributed by atoms with Crippen LogP contribution in [0, 0.1) is 0 Å². The number of amides is 2. The molecule has 0 radical (unpaired) electrons. The van der Waals surface area contributed by atoms with E-state index in [9.17, 15) is 9.59 Å². The third-order valence-electron chi connectivity index (χ3n) is 4.11. The highest BCUT2D eigenvalue weighted by Crippen LogP contribution is 2.26. The van der Waals surface area contributed by atoms with Crippen molar-refractivity contribution >= 4 is 40.6 Å². The lowest BCUT2D eigenvalue weighted by molar-refractivity contribution is -0.115. The maximum atomic E-state index is 11.7. The Bertz CT molecular complexity index is 912. The predicted octanol–water partition coefficient (Wildman–Crippen LogP) is 1.95. The first-order chi connectivity index (χ1) is 12.1. The van der Waals surface area contributed by atoms with Crippen LogP contribution >= 0.6 is 11.8 Å². The Hall–Kier alpha value is -2.87. The van der Waals surface area contributed by atoms with Crippen LogP contribution in [0.2, 0.25) is 0 Å². The summed E-state index contributed by atoms with van der Waals surface area (Å²) in [4.78, 5) is 34.2. The van der Waals surface area contributed by atoms with E-state index in [0.717, 1.165) is 30.4 Å². The van der Waals surface area contributed by atoms with Gasteiger partial charge in [0.1, 0.15) is 0 Å². The van der Waals surface area contributed by atoms with Crippen molar-refractivity contribution in [2.24, 2.45) is 0 Å². The number of aromatic nitrogens is 2. The minimum atomic E-state index is -0.391. The highest BCUT2D eigenvalue weighted by molar-refractivity contribution is 8.18. The number of hydrogen-bond donors (Lipinski definition) is 2. The molecule has 1 saturated heterocycles. The van der Waals surface area contributed by atoms with Crippen molar-refractivity contribution in [2.45, 2.75) is 13.0 Å². The number of nitrogens with one attached hydrogen (secondary N) is 1. The van der Waals surface area contributed by atoms with Gasteiger partial charge in [0.2, 0.25) is 5.95 Å². The van der Waals surface area contributed by atoms with Gasteiger partial charge in [0.25, 0.3) is 11.1 Å². The third kappa shape index (κ3) is 3.20. The maximum absolute atomic E-state index is 11.7. The SMILES string of the molecule is Nc1ccc2c(c1)CN(c1nccc(/C=C3/SC(=O)NC3=O)n1)CC2. The quantitative estimate of drug-likeness (QED) is 0.628. The van der Waals surface area contributed by atoms with Crippen LogP contribution in [-0.2, 0) is 17.8 Å². The molecule has 3 N–H and O–H groups in total. The molecule has 1 fully saturated rings. The lowest BCUT2D eigenvalue weighted by atomic mass is 9.99. The van der Waals surface area contributed by atoms with E-state index in [-0.39, 0.29) is 5.24 Å². The molecule has 2 amide bonds. The van der Waals surface area contributed by atoms with Gasteiger partial charge < -0.3 is 10.6 Å². The molecular weight excluding hydrogens is 338 g/mol. The highest BCUT2D eigenvalue weighted by Gasteiger charge is 2.25. The van der Waals surface area contributed by atoms with Gasteiger partial charge in [-0.3, -0.25) is 14.9 Å². The van der Waals surface area contributed by atoms with Gasteiger partial charge in [0.05, 0.1) is 10.6 Å². The average Bonchev–Trinajstić information content (AvgIpc) is 2.91. The van der Waals surface area contributed by atoms with E-state index in [2.05, 4.69) is 26.3 Å². The molecule has 0 unspecified atom stereocenters. The van der Waals surface area contributed by atoms with Gasteiger partial charge in [0, 0.05) is 25.0 Å². The van der Waals surface area contributed by atoms with Crippen LogP contribution in [0.3, 0.4) is 0 Å². The molecule has 8 heteroatoms. The molecule has 0 atom stereocenters. The molecule has 3 heterocycles. The van der Waals surface area contributed by atoms with E-state index in [0.29, 0.717) is 23.1 Å². The Morgan fingerprint density at radius 2 is 2.12 bits per heavy atom. The Morgan fingerprint density at radius 1 is 1.24 bits per heavy atom. The Balaban J connectivity index is 1.59. The van der Waals surface area contributed by atoms with Crippen LogP contribution in [0.5, 0.6) is 0 Å². The summed E-state index contributed by atoms with van der Waals surface area (Å²) in [6, 6.07) is 7.68. The number of nitrogens with two attached hydrogens (primary N) is 1. The number of anilines is 2. The average molecular weight is 353 g/mol. The van der Waals surface area contributed by atoms with Crippen LogP contribution < -0.4 is 16.0 Å². The number of nitrogens with zero attached hydrogens (tertiary/aromatic N) is 3. The van der Waals surface area contributed by atoms with E-state index in [1.807, 2.05) is 12.1 Å². The second-order valence-corrected chi connectivity index (χ2v) is 6.85. The third-order valence-corrected chi connectivity index (χ3v) is 4.92. The molecule has 126 valence electrons. The van der Waals surface area contributed by atoms with Crippen LogP contribution in [0.1, 0.15) is 16.8 Å². The first-order valence-electron chi connectivity index (χ1n) is 7.78. The number of thioether (sulfide) groups is 1. The zero-order valence-corrected chi connectivity index (χ0v) is 14.0. The van der Waals surface area contributed by atoms with E-state index in [1.54, 1.807) is 18.3 Å². The molecule has 2 aliphatic rings. The predicted molar refractivity (Wildman–Crippen MR) is 96.7 cm³/mol. The summed E-state index contributed by atoms with van der Waals surface area (Å²) < 4.78 is 0.